The van der Waals surface area contributed by atoms with Gasteiger partial charge in [0.05, 0.1) is 22.9 Å². The number of likely N-dealkylation sites (tertiary alicyclic amines) is 1. The Morgan fingerprint density at radius 2 is 2.11 bits per heavy atom. The van der Waals surface area contributed by atoms with Gasteiger partial charge in [0.1, 0.15) is 5.75 Å². The van der Waals surface area contributed by atoms with E-state index in [0.29, 0.717) is 35.1 Å². The van der Waals surface area contributed by atoms with Gasteiger partial charge in [0.25, 0.3) is 5.91 Å². The number of rotatable bonds is 7. The number of amides is 2. The molecular weight excluding hydrogens is 382 g/mol. The van der Waals surface area contributed by atoms with Gasteiger partial charge >= 0.3 is 0 Å². The molecule has 0 unspecified atom stereocenters. The van der Waals surface area contributed by atoms with Crippen LogP contribution in [0.4, 0.5) is 5.69 Å². The maximum atomic E-state index is 12.9. The second kappa shape index (κ2) is 9.58. The third kappa shape index (κ3) is 4.96. The Morgan fingerprint density at radius 3 is 2.79 bits per heavy atom. The van der Waals surface area contributed by atoms with Crippen molar-refractivity contribution in [3.63, 3.8) is 0 Å². The van der Waals surface area contributed by atoms with Crippen molar-refractivity contribution in [1.29, 1.82) is 0 Å². The number of anilines is 1. The molecule has 0 aromatic heterocycles. The van der Waals surface area contributed by atoms with Gasteiger partial charge in [-0.1, -0.05) is 11.6 Å². The van der Waals surface area contributed by atoms with Gasteiger partial charge in [0.2, 0.25) is 5.91 Å². The second-order valence-electron chi connectivity index (χ2n) is 7.30. The number of ether oxygens (including phenoxy) is 2. The number of fused-ring (bicyclic) bond motifs is 1. The van der Waals surface area contributed by atoms with E-state index in [0.717, 1.165) is 51.1 Å². The molecule has 2 N–H and O–H groups in total. The van der Waals surface area contributed by atoms with E-state index in [1.807, 2.05) is 0 Å². The van der Waals surface area contributed by atoms with E-state index in [1.165, 1.54) is 6.92 Å². The number of methoxy groups -OCH3 is 1. The number of nitrogens with zero attached hydrogens (tertiary/aromatic N) is 1. The summed E-state index contributed by atoms with van der Waals surface area (Å²) in [6, 6.07) is 1.73. The van der Waals surface area contributed by atoms with Crippen molar-refractivity contribution in [2.75, 3.05) is 45.3 Å². The van der Waals surface area contributed by atoms with Gasteiger partial charge in [-0.15, -0.1) is 0 Å². The molecule has 1 aromatic carbocycles. The first-order valence-electron chi connectivity index (χ1n) is 9.77. The van der Waals surface area contributed by atoms with E-state index in [4.69, 9.17) is 21.1 Å². The van der Waals surface area contributed by atoms with E-state index < -0.39 is 0 Å². The zero-order valence-electron chi connectivity index (χ0n) is 16.5. The van der Waals surface area contributed by atoms with Gasteiger partial charge in [-0.25, -0.2) is 0 Å². The average Bonchev–Trinajstić information content (AvgIpc) is 3.15. The summed E-state index contributed by atoms with van der Waals surface area (Å²) in [6.07, 6.45) is 3.47. The molecule has 1 saturated heterocycles. The van der Waals surface area contributed by atoms with Gasteiger partial charge in [-0.05, 0) is 25.3 Å². The normalized spacial score (nSPS) is 17.1. The molecule has 8 heteroatoms. The van der Waals surface area contributed by atoms with Gasteiger partial charge < -0.3 is 25.0 Å². The number of halogens is 1. The molecule has 2 amide bonds. The van der Waals surface area contributed by atoms with E-state index in [1.54, 1.807) is 13.2 Å². The third-order valence-corrected chi connectivity index (χ3v) is 5.52. The molecule has 154 valence electrons. The van der Waals surface area contributed by atoms with Crippen molar-refractivity contribution in [1.82, 2.24) is 10.2 Å². The van der Waals surface area contributed by atoms with Gasteiger partial charge in [-0.2, -0.15) is 0 Å². The molecule has 2 aliphatic rings. The number of piperidine rings is 1. The topological polar surface area (TPSA) is 79.9 Å². The van der Waals surface area contributed by atoms with Crippen LogP contribution < -0.4 is 15.4 Å². The summed E-state index contributed by atoms with van der Waals surface area (Å²) in [4.78, 5) is 26.7. The minimum Gasteiger partial charge on any atom is -0.492 e. The van der Waals surface area contributed by atoms with E-state index in [9.17, 15) is 9.59 Å². The van der Waals surface area contributed by atoms with Crippen molar-refractivity contribution in [2.45, 2.75) is 38.6 Å². The molecule has 0 aliphatic carbocycles. The van der Waals surface area contributed by atoms with Crippen LogP contribution in [0.2, 0.25) is 5.02 Å². The lowest BCUT2D eigenvalue weighted by Gasteiger charge is -2.32. The summed E-state index contributed by atoms with van der Waals surface area (Å²) in [5.74, 6) is 0.153. The first-order chi connectivity index (χ1) is 13.5. The number of nitrogens with one attached hydrogen (secondary N) is 2. The summed E-state index contributed by atoms with van der Waals surface area (Å²) < 4.78 is 10.8. The molecule has 0 radical (unpaired) electrons. The lowest BCUT2D eigenvalue weighted by atomic mass is 10.0. The first kappa shape index (κ1) is 20.9. The first-order valence-corrected chi connectivity index (χ1v) is 10.1. The molecule has 0 bridgehead atoms. The minimum atomic E-state index is -0.203. The van der Waals surface area contributed by atoms with E-state index >= 15 is 0 Å². The van der Waals surface area contributed by atoms with Crippen LogP contribution in [0.15, 0.2) is 6.07 Å². The fourth-order valence-corrected chi connectivity index (χ4v) is 4.09. The van der Waals surface area contributed by atoms with Crippen molar-refractivity contribution in [2.24, 2.45) is 0 Å². The van der Waals surface area contributed by atoms with Crippen LogP contribution in [0.1, 0.15) is 42.1 Å². The van der Waals surface area contributed by atoms with Crippen LogP contribution in [0.5, 0.6) is 5.75 Å². The second-order valence-corrected chi connectivity index (χ2v) is 7.71. The summed E-state index contributed by atoms with van der Waals surface area (Å²) in [5, 5.41) is 6.23. The molecule has 1 aromatic rings. The fourth-order valence-electron chi connectivity index (χ4n) is 3.82. The largest absolute Gasteiger partial charge is 0.492 e. The van der Waals surface area contributed by atoms with E-state index in [2.05, 4.69) is 15.5 Å². The van der Waals surface area contributed by atoms with Crippen LogP contribution in [-0.2, 0) is 16.0 Å². The van der Waals surface area contributed by atoms with Gasteiger partial charge in [0, 0.05) is 58.3 Å². The Kier molecular flexibility index (Phi) is 7.15. The molecular formula is C20H28ClN3O4. The lowest BCUT2D eigenvalue weighted by Crippen LogP contribution is -2.45. The highest BCUT2D eigenvalue weighted by Crippen LogP contribution is 2.40. The molecule has 0 atom stereocenters. The zero-order chi connectivity index (χ0) is 20.1. The average molecular weight is 410 g/mol. The highest BCUT2D eigenvalue weighted by molar-refractivity contribution is 6.34. The van der Waals surface area contributed by atoms with E-state index in [-0.39, 0.29) is 17.9 Å². The summed E-state index contributed by atoms with van der Waals surface area (Å²) in [7, 11) is 1.72. The molecule has 0 saturated carbocycles. The monoisotopic (exact) mass is 409 g/mol. The molecule has 1 fully saturated rings. The smallest absolute Gasteiger partial charge is 0.255 e. The number of carbonyl (C=O) groups excluding carboxylic acids is 2. The Labute approximate surface area is 170 Å². The zero-order valence-corrected chi connectivity index (χ0v) is 17.2. The summed E-state index contributed by atoms with van der Waals surface area (Å²) >= 11 is 6.36. The van der Waals surface area contributed by atoms with Gasteiger partial charge in [-0.3, -0.25) is 9.59 Å². The summed E-state index contributed by atoms with van der Waals surface area (Å²) in [6.45, 7) is 5.63. The van der Waals surface area contributed by atoms with Crippen molar-refractivity contribution in [3.8, 4) is 5.75 Å². The number of hydrogen-bond acceptors (Lipinski definition) is 5. The minimum absolute atomic E-state index is 0.136. The molecule has 2 heterocycles. The predicted octanol–water partition coefficient (Wildman–Crippen LogP) is 2.46. The Hall–Kier alpha value is -1.83. The van der Waals surface area contributed by atoms with Crippen LogP contribution in [0, 0.1) is 0 Å². The van der Waals surface area contributed by atoms with Crippen molar-refractivity contribution in [3.05, 3.63) is 22.2 Å². The highest BCUT2D eigenvalue weighted by Gasteiger charge is 2.28. The van der Waals surface area contributed by atoms with Crippen molar-refractivity contribution >= 4 is 29.1 Å². The van der Waals surface area contributed by atoms with Crippen molar-refractivity contribution < 1.29 is 19.1 Å². The molecule has 7 nitrogen and oxygen atoms in total. The van der Waals surface area contributed by atoms with Crippen LogP contribution >= 0.6 is 11.6 Å². The summed E-state index contributed by atoms with van der Waals surface area (Å²) in [5.41, 5.74) is 1.78. The Morgan fingerprint density at radius 1 is 1.36 bits per heavy atom. The quantitative estimate of drug-likeness (QED) is 0.676. The number of benzene rings is 1. The molecule has 0 spiro atoms. The Balaban J connectivity index is 1.63. The molecule has 3 rings (SSSR count). The Bertz CT molecular complexity index is 733. The number of hydrogen-bond donors (Lipinski definition) is 2. The predicted molar refractivity (Wildman–Crippen MR) is 108 cm³/mol. The lowest BCUT2D eigenvalue weighted by molar-refractivity contribution is -0.114. The highest BCUT2D eigenvalue weighted by atomic mass is 35.5. The number of carbonyl (C=O) groups is 2. The molecule has 28 heavy (non-hydrogen) atoms. The van der Waals surface area contributed by atoms with Crippen LogP contribution in [0.25, 0.3) is 0 Å². The SMILES string of the molecule is COCCCN1CCC(NC(=O)c2cc(Cl)c(NC(C)=O)c3c2OCC3)CC1. The third-order valence-electron chi connectivity index (χ3n) is 5.22. The van der Waals surface area contributed by atoms with Crippen LogP contribution in [-0.4, -0.2) is 62.7 Å². The maximum absolute atomic E-state index is 12.9. The molecule has 2 aliphatic heterocycles. The van der Waals surface area contributed by atoms with Gasteiger partial charge in [0.15, 0.2) is 0 Å². The van der Waals surface area contributed by atoms with Crippen LogP contribution in [0.3, 0.4) is 0 Å². The maximum Gasteiger partial charge on any atom is 0.255 e. The standard InChI is InChI=1S/C20H28ClN3O4/c1-13(25)22-18-15-6-11-28-19(15)16(12-17(18)21)20(26)23-14-4-8-24(9-5-14)7-3-10-27-2/h12,14H,3-11H2,1-2H3,(H,22,25)(H,23,26). The fraction of sp³-hybridized carbons (Fsp3) is 0.600.